The van der Waals surface area contributed by atoms with Gasteiger partial charge in [-0.15, -0.1) is 0 Å². The fourth-order valence-electron chi connectivity index (χ4n) is 3.06. The maximum absolute atomic E-state index is 10.5. The van der Waals surface area contributed by atoms with Crippen LogP contribution in [-0.2, 0) is 20.5 Å². The molecule has 27 heavy (non-hydrogen) atoms. The molecule has 0 bridgehead atoms. The standard InChI is InChI=1S/C22H38O4Si/c1-17-20(23)14-19(12-13-25-27(5,6)22(2,3)4)26-21(17)16-24-15-18-10-8-7-9-11-18/h7-11,17,19-21,23H,12-16H2,1-6H3/t17-,19+,20-,21-/m1/s1. The number of benzene rings is 1. The van der Waals surface area contributed by atoms with E-state index in [0.29, 0.717) is 26.2 Å². The second-order valence-corrected chi connectivity index (χ2v) is 14.2. The summed E-state index contributed by atoms with van der Waals surface area (Å²) in [6, 6.07) is 10.1. The summed E-state index contributed by atoms with van der Waals surface area (Å²) in [5.74, 6) is 0.0818. The summed E-state index contributed by atoms with van der Waals surface area (Å²) in [5, 5.41) is 10.7. The van der Waals surface area contributed by atoms with E-state index in [-0.39, 0.29) is 29.3 Å². The zero-order valence-electron chi connectivity index (χ0n) is 17.9. The highest BCUT2D eigenvalue weighted by molar-refractivity contribution is 6.74. The molecule has 1 saturated heterocycles. The predicted octanol–water partition coefficient (Wildman–Crippen LogP) is 4.77. The fourth-order valence-corrected chi connectivity index (χ4v) is 4.13. The van der Waals surface area contributed by atoms with E-state index in [1.807, 2.05) is 25.1 Å². The van der Waals surface area contributed by atoms with Crippen molar-refractivity contribution in [3.63, 3.8) is 0 Å². The predicted molar refractivity (Wildman–Crippen MR) is 112 cm³/mol. The average molecular weight is 395 g/mol. The minimum atomic E-state index is -1.74. The van der Waals surface area contributed by atoms with Crippen molar-refractivity contribution in [1.82, 2.24) is 0 Å². The Morgan fingerprint density at radius 1 is 1.19 bits per heavy atom. The van der Waals surface area contributed by atoms with Crippen molar-refractivity contribution in [3.05, 3.63) is 35.9 Å². The Kier molecular flexibility index (Phi) is 8.07. The number of hydrogen-bond acceptors (Lipinski definition) is 4. The Bertz CT molecular complexity index is 555. The van der Waals surface area contributed by atoms with E-state index in [0.717, 1.165) is 12.0 Å². The largest absolute Gasteiger partial charge is 0.417 e. The van der Waals surface area contributed by atoms with Gasteiger partial charge in [-0.05, 0) is 36.5 Å². The second-order valence-electron chi connectivity index (χ2n) is 9.36. The van der Waals surface area contributed by atoms with Crippen LogP contribution < -0.4 is 0 Å². The van der Waals surface area contributed by atoms with E-state index in [1.54, 1.807) is 0 Å². The van der Waals surface area contributed by atoms with Crippen molar-refractivity contribution in [2.45, 2.75) is 83.6 Å². The van der Waals surface area contributed by atoms with Crippen LogP contribution in [0.15, 0.2) is 30.3 Å². The van der Waals surface area contributed by atoms with Gasteiger partial charge >= 0.3 is 0 Å². The zero-order chi connectivity index (χ0) is 20.1. The molecule has 0 aliphatic carbocycles. The monoisotopic (exact) mass is 394 g/mol. The number of aliphatic hydroxyl groups is 1. The highest BCUT2D eigenvalue weighted by Gasteiger charge is 2.38. The lowest BCUT2D eigenvalue weighted by molar-refractivity contribution is -0.157. The smallest absolute Gasteiger partial charge is 0.191 e. The van der Waals surface area contributed by atoms with Crippen LogP contribution in [0.3, 0.4) is 0 Å². The van der Waals surface area contributed by atoms with E-state index >= 15 is 0 Å². The van der Waals surface area contributed by atoms with Crippen LogP contribution in [0.2, 0.25) is 18.1 Å². The molecule has 1 fully saturated rings. The zero-order valence-corrected chi connectivity index (χ0v) is 18.9. The number of hydrogen-bond donors (Lipinski definition) is 1. The lowest BCUT2D eigenvalue weighted by atomic mass is 9.90. The lowest BCUT2D eigenvalue weighted by Gasteiger charge is -2.40. The van der Waals surface area contributed by atoms with Gasteiger partial charge < -0.3 is 19.0 Å². The minimum absolute atomic E-state index is 0.0336. The van der Waals surface area contributed by atoms with Gasteiger partial charge in [0.25, 0.3) is 0 Å². The molecular weight excluding hydrogens is 356 g/mol. The van der Waals surface area contributed by atoms with Gasteiger partial charge in [0.2, 0.25) is 0 Å². The van der Waals surface area contributed by atoms with Gasteiger partial charge in [0.05, 0.1) is 31.5 Å². The van der Waals surface area contributed by atoms with Crippen molar-refractivity contribution >= 4 is 8.32 Å². The molecule has 1 aromatic rings. The first-order valence-corrected chi connectivity index (χ1v) is 13.1. The molecule has 154 valence electrons. The molecule has 1 aliphatic heterocycles. The molecule has 0 spiro atoms. The Balaban J connectivity index is 1.80. The summed E-state index contributed by atoms with van der Waals surface area (Å²) in [4.78, 5) is 0. The SMILES string of the molecule is C[C@@H]1[C@H](O)C[C@H](CCO[Si](C)(C)C(C)(C)C)O[C@@H]1COCc1ccccc1. The molecule has 0 unspecified atom stereocenters. The third kappa shape index (κ3) is 6.68. The summed E-state index contributed by atoms with van der Waals surface area (Å²) < 4.78 is 18.4. The normalized spacial score (nSPS) is 26.9. The van der Waals surface area contributed by atoms with Gasteiger partial charge in [-0.25, -0.2) is 0 Å². The lowest BCUT2D eigenvalue weighted by Crippen LogP contribution is -2.46. The van der Waals surface area contributed by atoms with Crippen LogP contribution in [-0.4, -0.2) is 44.9 Å². The molecule has 1 aromatic carbocycles. The third-order valence-corrected chi connectivity index (χ3v) is 10.7. The molecule has 4 nitrogen and oxygen atoms in total. The molecule has 1 heterocycles. The number of aliphatic hydroxyl groups excluding tert-OH is 1. The van der Waals surface area contributed by atoms with Crippen LogP contribution in [0.4, 0.5) is 0 Å². The summed E-state index contributed by atoms with van der Waals surface area (Å²) in [6.07, 6.45) is 1.12. The maximum atomic E-state index is 10.5. The van der Waals surface area contributed by atoms with E-state index in [4.69, 9.17) is 13.9 Å². The first kappa shape index (κ1) is 22.6. The second kappa shape index (κ2) is 9.66. The number of rotatable bonds is 8. The average Bonchev–Trinajstić information content (AvgIpc) is 2.59. The molecule has 2 rings (SSSR count). The highest BCUT2D eigenvalue weighted by Crippen LogP contribution is 2.37. The Hall–Kier alpha value is -0.723. The van der Waals surface area contributed by atoms with Gasteiger partial charge in [-0.1, -0.05) is 58.0 Å². The topological polar surface area (TPSA) is 47.9 Å². The molecule has 0 saturated carbocycles. The Morgan fingerprint density at radius 2 is 1.85 bits per heavy atom. The Labute approximate surface area is 166 Å². The summed E-state index contributed by atoms with van der Waals surface area (Å²) in [7, 11) is -1.74. The van der Waals surface area contributed by atoms with Crippen molar-refractivity contribution in [3.8, 4) is 0 Å². The van der Waals surface area contributed by atoms with E-state index in [2.05, 4.69) is 46.0 Å². The van der Waals surface area contributed by atoms with Crippen LogP contribution in [0.25, 0.3) is 0 Å². The molecule has 0 radical (unpaired) electrons. The first-order valence-electron chi connectivity index (χ1n) is 10.2. The molecule has 1 N–H and O–H groups in total. The van der Waals surface area contributed by atoms with Crippen LogP contribution in [0, 0.1) is 5.92 Å². The van der Waals surface area contributed by atoms with Gasteiger partial charge in [-0.2, -0.15) is 0 Å². The Morgan fingerprint density at radius 3 is 2.48 bits per heavy atom. The molecule has 1 aliphatic rings. The number of ether oxygens (including phenoxy) is 2. The van der Waals surface area contributed by atoms with Gasteiger partial charge in [-0.3, -0.25) is 0 Å². The summed E-state index contributed by atoms with van der Waals surface area (Å²) in [6.45, 7) is 15.1. The quantitative estimate of drug-likeness (QED) is 0.645. The highest BCUT2D eigenvalue weighted by atomic mass is 28.4. The van der Waals surface area contributed by atoms with E-state index < -0.39 is 8.32 Å². The van der Waals surface area contributed by atoms with Gasteiger partial charge in [0.15, 0.2) is 8.32 Å². The molecule has 4 atom stereocenters. The molecule has 0 amide bonds. The van der Waals surface area contributed by atoms with Crippen LogP contribution in [0.5, 0.6) is 0 Å². The third-order valence-electron chi connectivity index (χ3n) is 6.17. The minimum Gasteiger partial charge on any atom is -0.417 e. The van der Waals surface area contributed by atoms with Crippen molar-refractivity contribution in [2.24, 2.45) is 5.92 Å². The van der Waals surface area contributed by atoms with Gasteiger partial charge in [0, 0.05) is 12.5 Å². The molecular formula is C22H38O4Si. The van der Waals surface area contributed by atoms with Gasteiger partial charge in [0.1, 0.15) is 0 Å². The molecule has 0 aromatic heterocycles. The van der Waals surface area contributed by atoms with E-state index in [9.17, 15) is 5.11 Å². The molecule has 5 heteroatoms. The summed E-state index contributed by atoms with van der Waals surface area (Å²) in [5.41, 5.74) is 1.15. The summed E-state index contributed by atoms with van der Waals surface area (Å²) >= 11 is 0. The van der Waals surface area contributed by atoms with Crippen molar-refractivity contribution < 1.29 is 19.0 Å². The van der Waals surface area contributed by atoms with Crippen molar-refractivity contribution in [1.29, 1.82) is 0 Å². The van der Waals surface area contributed by atoms with Crippen LogP contribution in [0.1, 0.15) is 46.1 Å². The fraction of sp³-hybridized carbons (Fsp3) is 0.727. The van der Waals surface area contributed by atoms with E-state index in [1.165, 1.54) is 0 Å². The van der Waals surface area contributed by atoms with Crippen molar-refractivity contribution in [2.75, 3.05) is 13.2 Å². The first-order chi connectivity index (χ1) is 12.6. The van der Waals surface area contributed by atoms with Crippen LogP contribution >= 0.6 is 0 Å². The maximum Gasteiger partial charge on any atom is 0.191 e.